The number of nitrogens with zero attached hydrogens (tertiary/aromatic N) is 3. The third-order valence-electron chi connectivity index (χ3n) is 3.65. The molecule has 0 unspecified atom stereocenters. The van der Waals surface area contributed by atoms with Crippen LogP contribution < -0.4 is 0 Å². The first kappa shape index (κ1) is 14.7. The number of methoxy groups -OCH3 is 1. The second-order valence-electron chi connectivity index (χ2n) is 5.68. The fourth-order valence-electron chi connectivity index (χ4n) is 2.30. The molecule has 6 heteroatoms. The van der Waals surface area contributed by atoms with Gasteiger partial charge in [0.05, 0.1) is 19.2 Å². The lowest BCUT2D eigenvalue weighted by Gasteiger charge is -2.14. The van der Waals surface area contributed by atoms with Crippen LogP contribution in [0, 0.1) is 0 Å². The topological polar surface area (TPSA) is 68.5 Å². The molecule has 1 fully saturated rings. The highest BCUT2D eigenvalue weighted by atomic mass is 16.5. The number of hydrogen-bond acceptors (Lipinski definition) is 6. The van der Waals surface area contributed by atoms with Gasteiger partial charge < -0.3 is 9.26 Å². The Morgan fingerprint density at radius 1 is 1.32 bits per heavy atom. The van der Waals surface area contributed by atoms with E-state index < -0.39 is 0 Å². The minimum Gasteiger partial charge on any atom is -0.465 e. The SMILES string of the molecule is COC(=O)c1ccc(CN(C)Cc2noc(C3CC3)n2)cc1. The van der Waals surface area contributed by atoms with E-state index in [-0.39, 0.29) is 5.97 Å². The minimum atomic E-state index is -0.320. The van der Waals surface area contributed by atoms with Crippen LogP contribution in [-0.2, 0) is 17.8 Å². The Balaban J connectivity index is 1.56. The molecule has 22 heavy (non-hydrogen) atoms. The van der Waals surface area contributed by atoms with E-state index in [4.69, 9.17) is 4.52 Å². The molecular formula is C16H19N3O3. The number of carbonyl (C=O) groups is 1. The average Bonchev–Trinajstić information content (AvgIpc) is 3.27. The lowest BCUT2D eigenvalue weighted by Crippen LogP contribution is -2.18. The Hall–Kier alpha value is -2.21. The molecule has 0 amide bonds. The summed E-state index contributed by atoms with van der Waals surface area (Å²) in [6.45, 7) is 1.38. The van der Waals surface area contributed by atoms with Crippen molar-refractivity contribution in [1.29, 1.82) is 0 Å². The molecule has 0 aliphatic heterocycles. The van der Waals surface area contributed by atoms with Gasteiger partial charge in [-0.3, -0.25) is 4.90 Å². The zero-order valence-corrected chi connectivity index (χ0v) is 12.8. The van der Waals surface area contributed by atoms with E-state index in [0.29, 0.717) is 18.0 Å². The molecule has 1 aromatic heterocycles. The van der Waals surface area contributed by atoms with Crippen molar-refractivity contribution in [2.24, 2.45) is 0 Å². The molecule has 0 saturated heterocycles. The third-order valence-corrected chi connectivity index (χ3v) is 3.65. The van der Waals surface area contributed by atoms with Crippen LogP contribution in [0.3, 0.4) is 0 Å². The molecule has 0 atom stereocenters. The summed E-state index contributed by atoms with van der Waals surface area (Å²) in [5.74, 6) is 1.65. The number of rotatable bonds is 6. The monoisotopic (exact) mass is 301 g/mol. The van der Waals surface area contributed by atoms with E-state index in [1.807, 2.05) is 19.2 Å². The van der Waals surface area contributed by atoms with E-state index in [2.05, 4.69) is 19.8 Å². The molecule has 0 N–H and O–H groups in total. The maximum absolute atomic E-state index is 11.4. The van der Waals surface area contributed by atoms with Gasteiger partial charge >= 0.3 is 5.97 Å². The van der Waals surface area contributed by atoms with Crippen LogP contribution >= 0.6 is 0 Å². The predicted octanol–water partition coefficient (Wildman–Crippen LogP) is 2.37. The first-order valence-electron chi connectivity index (χ1n) is 7.34. The summed E-state index contributed by atoms with van der Waals surface area (Å²) in [5, 5.41) is 4.02. The van der Waals surface area contributed by atoms with Crippen molar-refractivity contribution < 1.29 is 14.1 Å². The zero-order valence-electron chi connectivity index (χ0n) is 12.8. The third kappa shape index (κ3) is 3.51. The zero-order chi connectivity index (χ0) is 15.5. The van der Waals surface area contributed by atoms with Crippen LogP contribution in [0.5, 0.6) is 0 Å². The summed E-state index contributed by atoms with van der Waals surface area (Å²) < 4.78 is 9.94. The van der Waals surface area contributed by atoms with Crippen LogP contribution in [0.1, 0.15) is 46.4 Å². The fourth-order valence-corrected chi connectivity index (χ4v) is 2.30. The van der Waals surface area contributed by atoms with E-state index in [9.17, 15) is 4.79 Å². The molecule has 1 saturated carbocycles. The molecule has 2 aromatic rings. The molecule has 1 aromatic carbocycles. The molecule has 3 rings (SSSR count). The molecule has 1 heterocycles. The van der Waals surface area contributed by atoms with Crippen molar-refractivity contribution >= 4 is 5.97 Å². The van der Waals surface area contributed by atoms with Crippen molar-refractivity contribution in [2.75, 3.05) is 14.2 Å². The highest BCUT2D eigenvalue weighted by molar-refractivity contribution is 5.89. The molecule has 6 nitrogen and oxygen atoms in total. The normalized spacial score (nSPS) is 14.3. The van der Waals surface area contributed by atoms with Crippen LogP contribution in [0.25, 0.3) is 0 Å². The lowest BCUT2D eigenvalue weighted by atomic mass is 10.1. The number of ether oxygens (including phenoxy) is 1. The van der Waals surface area contributed by atoms with Crippen LogP contribution in [0.15, 0.2) is 28.8 Å². The van der Waals surface area contributed by atoms with Gasteiger partial charge in [-0.05, 0) is 37.6 Å². The van der Waals surface area contributed by atoms with Gasteiger partial charge in [0.2, 0.25) is 5.89 Å². The van der Waals surface area contributed by atoms with Gasteiger partial charge in [0.25, 0.3) is 0 Å². The fraction of sp³-hybridized carbons (Fsp3) is 0.438. The summed E-state index contributed by atoms with van der Waals surface area (Å²) >= 11 is 0. The number of esters is 1. The number of aromatic nitrogens is 2. The summed E-state index contributed by atoms with van der Waals surface area (Å²) in [7, 11) is 3.38. The maximum atomic E-state index is 11.4. The predicted molar refractivity (Wildman–Crippen MR) is 79.2 cm³/mol. The van der Waals surface area contributed by atoms with Gasteiger partial charge in [0.1, 0.15) is 0 Å². The van der Waals surface area contributed by atoms with Crippen molar-refractivity contribution in [3.8, 4) is 0 Å². The first-order chi connectivity index (χ1) is 10.7. The molecule has 116 valence electrons. The second kappa shape index (κ2) is 6.27. The van der Waals surface area contributed by atoms with E-state index >= 15 is 0 Å². The van der Waals surface area contributed by atoms with Crippen molar-refractivity contribution in [3.63, 3.8) is 0 Å². The number of carbonyl (C=O) groups excluding carboxylic acids is 1. The van der Waals surface area contributed by atoms with Crippen LogP contribution in [-0.4, -0.2) is 35.2 Å². The average molecular weight is 301 g/mol. The largest absolute Gasteiger partial charge is 0.465 e. The Bertz CT molecular complexity index is 647. The molecule has 0 spiro atoms. The van der Waals surface area contributed by atoms with E-state index in [1.54, 1.807) is 12.1 Å². The van der Waals surface area contributed by atoms with Gasteiger partial charge in [-0.15, -0.1) is 0 Å². The smallest absolute Gasteiger partial charge is 0.337 e. The molecule has 0 bridgehead atoms. The molecule has 1 aliphatic rings. The quantitative estimate of drug-likeness (QED) is 0.763. The Morgan fingerprint density at radius 2 is 2.05 bits per heavy atom. The minimum absolute atomic E-state index is 0.320. The Labute approximate surface area is 129 Å². The molecular weight excluding hydrogens is 282 g/mol. The summed E-state index contributed by atoms with van der Waals surface area (Å²) in [6.07, 6.45) is 2.31. The van der Waals surface area contributed by atoms with E-state index in [1.165, 1.54) is 7.11 Å². The van der Waals surface area contributed by atoms with Gasteiger partial charge in [-0.2, -0.15) is 4.98 Å². The van der Waals surface area contributed by atoms with Gasteiger partial charge in [-0.25, -0.2) is 4.79 Å². The summed E-state index contributed by atoms with van der Waals surface area (Å²) in [6, 6.07) is 7.40. The second-order valence-corrected chi connectivity index (χ2v) is 5.68. The van der Waals surface area contributed by atoms with Crippen molar-refractivity contribution in [1.82, 2.24) is 15.0 Å². The molecule has 0 radical (unpaired) electrons. The summed E-state index contributed by atoms with van der Waals surface area (Å²) in [5.41, 5.74) is 1.67. The maximum Gasteiger partial charge on any atom is 0.337 e. The summed E-state index contributed by atoms with van der Waals surface area (Å²) in [4.78, 5) is 17.9. The van der Waals surface area contributed by atoms with Gasteiger partial charge in [0, 0.05) is 12.5 Å². The van der Waals surface area contributed by atoms with E-state index in [0.717, 1.165) is 36.7 Å². The Kier molecular flexibility index (Phi) is 4.20. The van der Waals surface area contributed by atoms with Crippen molar-refractivity contribution in [3.05, 3.63) is 47.1 Å². The Morgan fingerprint density at radius 3 is 2.68 bits per heavy atom. The van der Waals surface area contributed by atoms with Crippen LogP contribution in [0.4, 0.5) is 0 Å². The van der Waals surface area contributed by atoms with Crippen molar-refractivity contribution in [2.45, 2.75) is 31.8 Å². The standard InChI is InChI=1S/C16H19N3O3/c1-19(10-14-17-15(22-18-14)12-7-8-12)9-11-3-5-13(6-4-11)16(20)21-2/h3-6,12H,7-10H2,1-2H3. The lowest BCUT2D eigenvalue weighted by molar-refractivity contribution is 0.0600. The molecule has 1 aliphatic carbocycles. The number of benzene rings is 1. The number of hydrogen-bond donors (Lipinski definition) is 0. The van der Waals surface area contributed by atoms with Gasteiger partial charge in [-0.1, -0.05) is 17.3 Å². The first-order valence-corrected chi connectivity index (χ1v) is 7.34. The van der Waals surface area contributed by atoms with Crippen LogP contribution in [0.2, 0.25) is 0 Å². The highest BCUT2D eigenvalue weighted by Crippen LogP contribution is 2.38. The van der Waals surface area contributed by atoms with Gasteiger partial charge in [0.15, 0.2) is 5.82 Å². The highest BCUT2D eigenvalue weighted by Gasteiger charge is 2.29.